The van der Waals surface area contributed by atoms with E-state index in [2.05, 4.69) is 10.3 Å². The van der Waals surface area contributed by atoms with Gasteiger partial charge in [-0.1, -0.05) is 6.07 Å². The Morgan fingerprint density at radius 1 is 1.19 bits per heavy atom. The van der Waals surface area contributed by atoms with E-state index in [0.717, 1.165) is 28.2 Å². The number of benzene rings is 1. The zero-order valence-electron chi connectivity index (χ0n) is 12.1. The number of carboxylic acids is 1. The highest BCUT2D eigenvalue weighted by Gasteiger charge is 2.16. The number of aryl methyl sites for hydroxylation is 3. The van der Waals surface area contributed by atoms with E-state index in [1.807, 2.05) is 32.0 Å². The molecule has 0 atom stereocenters. The molecule has 0 fully saturated rings. The Bertz CT molecular complexity index is 687. The Morgan fingerprint density at radius 3 is 2.33 bits per heavy atom. The van der Waals surface area contributed by atoms with Crippen molar-refractivity contribution in [3.8, 4) is 0 Å². The van der Waals surface area contributed by atoms with Crippen molar-refractivity contribution in [2.75, 3.05) is 5.32 Å². The van der Waals surface area contributed by atoms with Crippen LogP contribution in [0.5, 0.6) is 0 Å². The van der Waals surface area contributed by atoms with E-state index in [-0.39, 0.29) is 17.2 Å². The van der Waals surface area contributed by atoms with Crippen LogP contribution in [0, 0.1) is 20.8 Å². The molecule has 110 valence electrons. The lowest BCUT2D eigenvalue weighted by molar-refractivity contribution is -0.115. The summed E-state index contributed by atoms with van der Waals surface area (Å²) >= 11 is 1.04. The maximum absolute atomic E-state index is 12.0. The van der Waals surface area contributed by atoms with Crippen molar-refractivity contribution in [2.45, 2.75) is 27.2 Å². The minimum atomic E-state index is -1.01. The summed E-state index contributed by atoms with van der Waals surface area (Å²) in [6.45, 7) is 5.56. The number of carboxylic acid groups (broad SMARTS) is 1. The number of aromatic nitrogens is 1. The second-order valence-corrected chi connectivity index (χ2v) is 6.01. The van der Waals surface area contributed by atoms with Crippen molar-refractivity contribution >= 4 is 28.9 Å². The van der Waals surface area contributed by atoms with Gasteiger partial charge in [0.1, 0.15) is 9.88 Å². The molecule has 0 aliphatic carbocycles. The Labute approximate surface area is 126 Å². The molecule has 1 heterocycles. The van der Waals surface area contributed by atoms with Crippen LogP contribution in [0.15, 0.2) is 18.2 Å². The van der Waals surface area contributed by atoms with Crippen LogP contribution in [-0.2, 0) is 11.2 Å². The maximum Gasteiger partial charge on any atom is 0.347 e. The van der Waals surface area contributed by atoms with Crippen LogP contribution >= 0.6 is 11.3 Å². The van der Waals surface area contributed by atoms with Gasteiger partial charge in [-0.15, -0.1) is 11.3 Å². The molecular formula is C15H16N2O3S. The Morgan fingerprint density at radius 2 is 1.81 bits per heavy atom. The van der Waals surface area contributed by atoms with Gasteiger partial charge >= 0.3 is 5.97 Å². The largest absolute Gasteiger partial charge is 0.477 e. The minimum Gasteiger partial charge on any atom is -0.477 e. The zero-order valence-corrected chi connectivity index (χ0v) is 12.9. The van der Waals surface area contributed by atoms with Crippen molar-refractivity contribution in [1.29, 1.82) is 0 Å². The molecule has 0 saturated heterocycles. The van der Waals surface area contributed by atoms with Crippen LogP contribution in [0.25, 0.3) is 0 Å². The number of rotatable bonds is 4. The van der Waals surface area contributed by atoms with Gasteiger partial charge in [-0.05, 0) is 44.0 Å². The molecule has 0 radical (unpaired) electrons. The number of hydrogen-bond donors (Lipinski definition) is 2. The van der Waals surface area contributed by atoms with Gasteiger partial charge in [-0.3, -0.25) is 4.79 Å². The lowest BCUT2D eigenvalue weighted by atomic mass is 10.1. The summed E-state index contributed by atoms with van der Waals surface area (Å²) in [6.07, 6.45) is 0.0752. The van der Waals surface area contributed by atoms with Crippen LogP contribution in [-0.4, -0.2) is 22.0 Å². The first-order valence-electron chi connectivity index (χ1n) is 6.43. The first-order valence-corrected chi connectivity index (χ1v) is 7.24. The van der Waals surface area contributed by atoms with Gasteiger partial charge in [0.25, 0.3) is 0 Å². The van der Waals surface area contributed by atoms with E-state index >= 15 is 0 Å². The SMILES string of the molecule is Cc1cc(C)cc(NC(=O)Cc2nc(C)c(C(=O)O)s2)c1. The average molecular weight is 304 g/mol. The number of anilines is 1. The van der Waals surface area contributed by atoms with Gasteiger partial charge in [0.05, 0.1) is 12.1 Å². The van der Waals surface area contributed by atoms with Crippen LogP contribution in [0.1, 0.15) is 31.5 Å². The summed E-state index contributed by atoms with van der Waals surface area (Å²) in [6, 6.07) is 5.81. The molecule has 21 heavy (non-hydrogen) atoms. The van der Waals surface area contributed by atoms with E-state index in [1.165, 1.54) is 0 Å². The van der Waals surface area contributed by atoms with Crippen LogP contribution in [0.4, 0.5) is 5.69 Å². The smallest absolute Gasteiger partial charge is 0.347 e. The molecule has 0 saturated carbocycles. The summed E-state index contributed by atoms with van der Waals surface area (Å²) in [5.74, 6) is -1.21. The third kappa shape index (κ3) is 3.88. The number of nitrogens with zero attached hydrogens (tertiary/aromatic N) is 1. The first kappa shape index (κ1) is 15.2. The number of hydrogen-bond acceptors (Lipinski definition) is 4. The van der Waals surface area contributed by atoms with Crippen molar-refractivity contribution in [1.82, 2.24) is 4.98 Å². The molecule has 6 heteroatoms. The van der Waals surface area contributed by atoms with Crippen LogP contribution in [0.3, 0.4) is 0 Å². The lowest BCUT2D eigenvalue weighted by Gasteiger charge is -2.06. The highest BCUT2D eigenvalue weighted by molar-refractivity contribution is 7.13. The first-order chi connectivity index (χ1) is 9.85. The molecule has 1 amide bonds. The van der Waals surface area contributed by atoms with E-state index in [1.54, 1.807) is 6.92 Å². The van der Waals surface area contributed by atoms with E-state index in [0.29, 0.717) is 10.7 Å². The lowest BCUT2D eigenvalue weighted by Crippen LogP contribution is -2.14. The molecule has 0 bridgehead atoms. The number of aromatic carboxylic acids is 1. The number of carbonyl (C=O) groups is 2. The highest BCUT2D eigenvalue weighted by Crippen LogP contribution is 2.19. The molecule has 1 aromatic heterocycles. The van der Waals surface area contributed by atoms with Gasteiger partial charge in [0.2, 0.25) is 5.91 Å². The molecule has 0 aliphatic heterocycles. The topological polar surface area (TPSA) is 79.3 Å². The third-order valence-electron chi connectivity index (χ3n) is 2.85. The molecule has 0 spiro atoms. The molecule has 1 aromatic carbocycles. The molecule has 2 N–H and O–H groups in total. The van der Waals surface area contributed by atoms with Gasteiger partial charge < -0.3 is 10.4 Å². The molecule has 5 nitrogen and oxygen atoms in total. The van der Waals surface area contributed by atoms with Crippen LogP contribution in [0.2, 0.25) is 0 Å². The fourth-order valence-corrected chi connectivity index (χ4v) is 3.02. The summed E-state index contributed by atoms with van der Waals surface area (Å²) in [4.78, 5) is 27.3. The standard InChI is InChI=1S/C15H16N2O3S/c1-8-4-9(2)6-11(5-8)17-12(18)7-13-16-10(3)14(21-13)15(19)20/h4-6H,7H2,1-3H3,(H,17,18)(H,19,20). The molecule has 0 unspecified atom stereocenters. The summed E-state index contributed by atoms with van der Waals surface area (Å²) in [5, 5.41) is 12.3. The van der Waals surface area contributed by atoms with Crippen LogP contribution < -0.4 is 5.32 Å². The monoisotopic (exact) mass is 304 g/mol. The molecule has 0 aliphatic rings. The molecular weight excluding hydrogens is 288 g/mol. The van der Waals surface area contributed by atoms with E-state index < -0.39 is 5.97 Å². The second kappa shape index (κ2) is 6.05. The van der Waals surface area contributed by atoms with Gasteiger partial charge in [0, 0.05) is 5.69 Å². The third-order valence-corrected chi connectivity index (χ3v) is 4.00. The van der Waals surface area contributed by atoms with Crippen molar-refractivity contribution < 1.29 is 14.7 Å². The average Bonchev–Trinajstić information content (AvgIpc) is 2.68. The Kier molecular flexibility index (Phi) is 4.37. The summed E-state index contributed by atoms with van der Waals surface area (Å²) in [5.41, 5.74) is 3.33. The summed E-state index contributed by atoms with van der Waals surface area (Å²) < 4.78 is 0. The second-order valence-electron chi connectivity index (χ2n) is 4.93. The van der Waals surface area contributed by atoms with Crippen molar-refractivity contribution in [3.05, 3.63) is 44.9 Å². The number of amides is 1. The fourth-order valence-electron chi connectivity index (χ4n) is 2.12. The number of thiazole rings is 1. The molecule has 2 aromatic rings. The normalized spacial score (nSPS) is 10.4. The molecule has 2 rings (SSSR count). The quantitative estimate of drug-likeness (QED) is 0.910. The number of carbonyl (C=O) groups excluding carboxylic acids is 1. The maximum atomic E-state index is 12.0. The Hall–Kier alpha value is -2.21. The predicted molar refractivity (Wildman–Crippen MR) is 82.1 cm³/mol. The zero-order chi connectivity index (χ0) is 15.6. The van der Waals surface area contributed by atoms with E-state index in [4.69, 9.17) is 5.11 Å². The van der Waals surface area contributed by atoms with E-state index in [9.17, 15) is 9.59 Å². The van der Waals surface area contributed by atoms with Crippen molar-refractivity contribution in [3.63, 3.8) is 0 Å². The van der Waals surface area contributed by atoms with Gasteiger partial charge in [0.15, 0.2) is 0 Å². The highest BCUT2D eigenvalue weighted by atomic mass is 32.1. The van der Waals surface area contributed by atoms with Crippen molar-refractivity contribution in [2.24, 2.45) is 0 Å². The van der Waals surface area contributed by atoms with Gasteiger partial charge in [-0.25, -0.2) is 9.78 Å². The Balaban J connectivity index is 2.08. The minimum absolute atomic E-state index is 0.0752. The fraction of sp³-hybridized carbons (Fsp3) is 0.267. The number of nitrogens with one attached hydrogen (secondary N) is 1. The van der Waals surface area contributed by atoms with Gasteiger partial charge in [-0.2, -0.15) is 0 Å². The predicted octanol–water partition coefficient (Wildman–Crippen LogP) is 2.95. The summed E-state index contributed by atoms with van der Waals surface area (Å²) in [7, 11) is 0.